The van der Waals surface area contributed by atoms with Crippen LogP contribution in [0.5, 0.6) is 0 Å². The number of hydrogen-bond donors (Lipinski definition) is 1. The largest absolute Gasteiger partial charge is 0.385 e. The van der Waals surface area contributed by atoms with Gasteiger partial charge in [0.15, 0.2) is 11.6 Å². The fraction of sp³-hybridized carbons (Fsp3) is 0.385. The fourth-order valence-electron chi connectivity index (χ4n) is 2.26. The maximum absolute atomic E-state index is 9.86. The number of fused-ring (bicyclic) bond motifs is 1. The van der Waals surface area contributed by atoms with Gasteiger partial charge in [0.2, 0.25) is 0 Å². The minimum absolute atomic E-state index is 0.459. The van der Waals surface area contributed by atoms with Crippen molar-refractivity contribution in [3.8, 4) is 0 Å². The maximum Gasteiger partial charge on any atom is 0.156 e. The van der Waals surface area contributed by atoms with E-state index >= 15 is 0 Å². The molecule has 1 unspecified atom stereocenters. The van der Waals surface area contributed by atoms with Crippen molar-refractivity contribution in [1.82, 2.24) is 14.8 Å². The van der Waals surface area contributed by atoms with Gasteiger partial charge >= 0.3 is 0 Å². The van der Waals surface area contributed by atoms with Gasteiger partial charge in [0.1, 0.15) is 6.10 Å². The lowest BCUT2D eigenvalue weighted by molar-refractivity contribution is 0.130. The zero-order valence-electron chi connectivity index (χ0n) is 9.88. The van der Waals surface area contributed by atoms with Gasteiger partial charge in [-0.15, -0.1) is 0 Å². The van der Waals surface area contributed by atoms with E-state index in [9.17, 15) is 5.11 Å². The number of aromatic nitrogens is 3. The molecule has 0 saturated heterocycles. The second-order valence-electron chi connectivity index (χ2n) is 4.54. The molecule has 2 aromatic rings. The summed E-state index contributed by atoms with van der Waals surface area (Å²) in [5.41, 5.74) is 1.16. The molecule has 18 heavy (non-hydrogen) atoms. The van der Waals surface area contributed by atoms with Gasteiger partial charge in [0, 0.05) is 17.4 Å². The van der Waals surface area contributed by atoms with E-state index in [1.807, 2.05) is 22.9 Å². The highest BCUT2D eigenvalue weighted by molar-refractivity contribution is 9.10. The number of aliphatic hydroxyl groups is 1. The first-order valence-electron chi connectivity index (χ1n) is 6.09. The average Bonchev–Trinajstić information content (AvgIpc) is 2.76. The summed E-state index contributed by atoms with van der Waals surface area (Å²) < 4.78 is 2.90. The number of aliphatic hydroxyl groups excluding tert-OH is 1. The van der Waals surface area contributed by atoms with Crippen LogP contribution in [-0.4, -0.2) is 19.9 Å². The Bertz CT molecular complexity index is 567. The highest BCUT2D eigenvalue weighted by Crippen LogP contribution is 2.24. The first-order chi connectivity index (χ1) is 8.74. The Morgan fingerprint density at radius 2 is 2.22 bits per heavy atom. The summed E-state index contributed by atoms with van der Waals surface area (Å²) in [5, 5.41) is 14.3. The molecule has 1 atom stereocenters. The van der Waals surface area contributed by atoms with Gasteiger partial charge in [-0.25, -0.2) is 9.67 Å². The van der Waals surface area contributed by atoms with E-state index in [-0.39, 0.29) is 0 Å². The number of benzene rings is 1. The van der Waals surface area contributed by atoms with Crippen molar-refractivity contribution >= 4 is 15.9 Å². The van der Waals surface area contributed by atoms with Crippen molar-refractivity contribution in [3.05, 3.63) is 46.0 Å². The molecule has 94 valence electrons. The van der Waals surface area contributed by atoms with E-state index in [2.05, 4.69) is 32.1 Å². The molecule has 1 aliphatic heterocycles. The van der Waals surface area contributed by atoms with Crippen molar-refractivity contribution in [2.45, 2.75) is 31.9 Å². The summed E-state index contributed by atoms with van der Waals surface area (Å²) in [7, 11) is 0. The molecule has 0 aliphatic carbocycles. The zero-order valence-corrected chi connectivity index (χ0v) is 11.5. The number of hydrogen-bond acceptors (Lipinski definition) is 3. The normalized spacial score (nSPS) is 18.7. The second kappa shape index (κ2) is 4.82. The smallest absolute Gasteiger partial charge is 0.156 e. The fourth-order valence-corrected chi connectivity index (χ4v) is 2.69. The lowest BCUT2D eigenvalue weighted by Gasteiger charge is -2.16. The van der Waals surface area contributed by atoms with E-state index in [1.54, 1.807) is 0 Å². The Morgan fingerprint density at radius 1 is 1.39 bits per heavy atom. The van der Waals surface area contributed by atoms with Gasteiger partial charge in [0.05, 0.1) is 0 Å². The molecule has 2 heterocycles. The number of aryl methyl sites for hydroxylation is 1. The second-order valence-corrected chi connectivity index (χ2v) is 5.39. The number of nitrogens with zero attached hydrogens (tertiary/aromatic N) is 3. The molecule has 0 amide bonds. The van der Waals surface area contributed by atoms with Crippen molar-refractivity contribution in [1.29, 1.82) is 0 Å². The summed E-state index contributed by atoms with van der Waals surface area (Å²) in [6.07, 6.45) is 1.98. The molecule has 4 nitrogen and oxygen atoms in total. The van der Waals surface area contributed by atoms with Crippen LogP contribution in [-0.2, 0) is 13.0 Å². The molecule has 0 fully saturated rings. The minimum atomic E-state index is -0.459. The third-order valence-corrected chi connectivity index (χ3v) is 3.97. The van der Waals surface area contributed by atoms with Gasteiger partial charge in [-0.1, -0.05) is 34.1 Å². The molecule has 1 N–H and O–H groups in total. The van der Waals surface area contributed by atoms with E-state index < -0.39 is 6.10 Å². The standard InChI is InChI=1S/C13H14BrN3O/c14-10-5-2-1-4-9(10)8-12-15-13-11(18)6-3-7-17(13)16-12/h1-2,4-5,11,18H,3,6-8H2. The molecule has 0 radical (unpaired) electrons. The Labute approximate surface area is 114 Å². The van der Waals surface area contributed by atoms with Crippen molar-refractivity contribution < 1.29 is 5.11 Å². The van der Waals surface area contributed by atoms with Gasteiger partial charge in [-0.3, -0.25) is 0 Å². The molecule has 0 bridgehead atoms. The van der Waals surface area contributed by atoms with Crippen molar-refractivity contribution in [3.63, 3.8) is 0 Å². The maximum atomic E-state index is 9.86. The highest BCUT2D eigenvalue weighted by Gasteiger charge is 2.22. The van der Waals surface area contributed by atoms with Crippen LogP contribution in [0.25, 0.3) is 0 Å². The summed E-state index contributed by atoms with van der Waals surface area (Å²) in [6.45, 7) is 0.857. The predicted molar refractivity (Wildman–Crippen MR) is 71.2 cm³/mol. The Morgan fingerprint density at radius 3 is 3.00 bits per heavy atom. The minimum Gasteiger partial charge on any atom is -0.385 e. The van der Waals surface area contributed by atoms with Crippen molar-refractivity contribution in [2.75, 3.05) is 0 Å². The topological polar surface area (TPSA) is 50.9 Å². The lowest BCUT2D eigenvalue weighted by atomic mass is 10.1. The monoisotopic (exact) mass is 307 g/mol. The predicted octanol–water partition coefficient (Wildman–Crippen LogP) is 2.46. The van der Waals surface area contributed by atoms with Crippen LogP contribution in [0.15, 0.2) is 28.7 Å². The third-order valence-electron chi connectivity index (χ3n) is 3.20. The van der Waals surface area contributed by atoms with Gasteiger partial charge < -0.3 is 5.11 Å². The molecule has 1 aromatic heterocycles. The van der Waals surface area contributed by atoms with E-state index in [1.165, 1.54) is 0 Å². The quantitative estimate of drug-likeness (QED) is 0.927. The first kappa shape index (κ1) is 11.9. The van der Waals surface area contributed by atoms with Crippen LogP contribution in [0, 0.1) is 0 Å². The Kier molecular flexibility index (Phi) is 3.18. The molecular weight excluding hydrogens is 294 g/mol. The van der Waals surface area contributed by atoms with Gasteiger partial charge in [-0.2, -0.15) is 5.10 Å². The van der Waals surface area contributed by atoms with Crippen LogP contribution in [0.2, 0.25) is 0 Å². The van der Waals surface area contributed by atoms with Gasteiger partial charge in [-0.05, 0) is 24.5 Å². The SMILES string of the molecule is OC1CCCn2nc(Cc3ccccc3Br)nc21. The van der Waals surface area contributed by atoms with Crippen LogP contribution < -0.4 is 0 Å². The van der Waals surface area contributed by atoms with E-state index in [0.717, 1.165) is 35.2 Å². The molecule has 1 aromatic carbocycles. The third kappa shape index (κ3) is 2.20. The summed E-state index contributed by atoms with van der Waals surface area (Å²) in [5.74, 6) is 1.49. The molecule has 3 rings (SSSR count). The Balaban J connectivity index is 1.88. The summed E-state index contributed by atoms with van der Waals surface area (Å²) in [4.78, 5) is 4.45. The van der Waals surface area contributed by atoms with Crippen molar-refractivity contribution in [2.24, 2.45) is 0 Å². The van der Waals surface area contributed by atoms with Crippen LogP contribution >= 0.6 is 15.9 Å². The van der Waals surface area contributed by atoms with E-state index in [4.69, 9.17) is 0 Å². The highest BCUT2D eigenvalue weighted by atomic mass is 79.9. The lowest BCUT2D eigenvalue weighted by Crippen LogP contribution is -2.16. The molecule has 5 heteroatoms. The Hall–Kier alpha value is -1.20. The van der Waals surface area contributed by atoms with Gasteiger partial charge in [0.25, 0.3) is 0 Å². The number of rotatable bonds is 2. The molecule has 0 spiro atoms. The van der Waals surface area contributed by atoms with Crippen LogP contribution in [0.4, 0.5) is 0 Å². The zero-order chi connectivity index (χ0) is 12.5. The van der Waals surface area contributed by atoms with E-state index in [0.29, 0.717) is 12.2 Å². The van der Waals surface area contributed by atoms with Crippen LogP contribution in [0.3, 0.4) is 0 Å². The molecule has 0 saturated carbocycles. The summed E-state index contributed by atoms with van der Waals surface area (Å²) >= 11 is 3.53. The number of halogens is 1. The first-order valence-corrected chi connectivity index (χ1v) is 6.88. The molecular formula is C13H14BrN3O. The van der Waals surface area contributed by atoms with Crippen LogP contribution in [0.1, 0.15) is 36.2 Å². The average molecular weight is 308 g/mol. The molecule has 1 aliphatic rings. The summed E-state index contributed by atoms with van der Waals surface area (Å²) in [6, 6.07) is 8.06.